The zero-order valence-electron chi connectivity index (χ0n) is 20.4. The predicted octanol–water partition coefficient (Wildman–Crippen LogP) is 3.42. The summed E-state index contributed by atoms with van der Waals surface area (Å²) in [4.78, 5) is 38.0. The van der Waals surface area contributed by atoms with Gasteiger partial charge in [-0.1, -0.05) is 34.6 Å². The average Bonchev–Trinajstić information content (AvgIpc) is 3.06. The van der Waals surface area contributed by atoms with E-state index in [1.165, 1.54) is 7.11 Å². The number of carbonyl (C=O) groups is 3. The van der Waals surface area contributed by atoms with Crippen LogP contribution in [0.1, 0.15) is 48.0 Å². The van der Waals surface area contributed by atoms with Crippen LogP contribution >= 0.6 is 0 Å². The fourth-order valence-corrected chi connectivity index (χ4v) is 4.93. The van der Waals surface area contributed by atoms with Gasteiger partial charge >= 0.3 is 17.9 Å². The highest BCUT2D eigenvalue weighted by Crippen LogP contribution is 2.48. The second-order valence-corrected chi connectivity index (χ2v) is 15.8. The number of esters is 3. The van der Waals surface area contributed by atoms with Crippen LogP contribution in [0.2, 0.25) is 18.1 Å². The first-order valence-electron chi connectivity index (χ1n) is 10.8. The third-order valence-electron chi connectivity index (χ3n) is 6.90. The molecule has 8 nitrogen and oxygen atoms in total. The van der Waals surface area contributed by atoms with Gasteiger partial charge in [-0.3, -0.25) is 0 Å². The van der Waals surface area contributed by atoms with Crippen molar-refractivity contribution >= 4 is 26.2 Å². The van der Waals surface area contributed by atoms with E-state index in [2.05, 4.69) is 33.9 Å². The Labute approximate surface area is 190 Å². The van der Waals surface area contributed by atoms with E-state index in [9.17, 15) is 14.4 Å². The molecule has 3 heterocycles. The van der Waals surface area contributed by atoms with Crippen molar-refractivity contribution in [2.24, 2.45) is 5.41 Å². The molecular weight excluding hydrogens is 432 g/mol. The van der Waals surface area contributed by atoms with Gasteiger partial charge in [0.1, 0.15) is 23.9 Å². The first kappa shape index (κ1) is 24.5. The van der Waals surface area contributed by atoms with Gasteiger partial charge in [0.05, 0.1) is 18.4 Å². The lowest BCUT2D eigenvalue weighted by atomic mass is 9.89. The maximum absolute atomic E-state index is 13.4. The van der Waals surface area contributed by atoms with Crippen LogP contribution in [0.4, 0.5) is 0 Å². The Morgan fingerprint density at radius 1 is 1.16 bits per heavy atom. The van der Waals surface area contributed by atoms with Crippen molar-refractivity contribution in [3.05, 3.63) is 23.0 Å². The summed E-state index contributed by atoms with van der Waals surface area (Å²) in [7, 11) is -1.04. The number of methoxy groups -OCH3 is 1. The van der Waals surface area contributed by atoms with E-state index in [0.717, 1.165) is 0 Å². The summed E-state index contributed by atoms with van der Waals surface area (Å²) in [5.41, 5.74) is -1.11. The number of hydrogen-bond acceptors (Lipinski definition) is 8. The van der Waals surface area contributed by atoms with Crippen LogP contribution in [0.15, 0.2) is 23.0 Å². The number of fused-ring (bicyclic) bond motifs is 2. The van der Waals surface area contributed by atoms with Crippen molar-refractivity contribution < 1.29 is 37.8 Å². The smallest absolute Gasteiger partial charge is 0.348 e. The second-order valence-electron chi connectivity index (χ2n) is 11.1. The SMILES string of the molecule is COC(=O)C1=C[C@H]2O[C@]1(C)CC(O[Si](C)(C)C(C)(C)C)=C2C(=O)O[C@H]1C(=O)OCC1(C)C. The van der Waals surface area contributed by atoms with Crippen LogP contribution in [0.5, 0.6) is 0 Å². The maximum Gasteiger partial charge on any atom is 0.348 e. The predicted molar refractivity (Wildman–Crippen MR) is 118 cm³/mol. The Balaban J connectivity index is 2.03. The molecule has 3 aliphatic rings. The minimum atomic E-state index is -2.34. The Kier molecular flexibility index (Phi) is 5.92. The van der Waals surface area contributed by atoms with Gasteiger partial charge < -0.3 is 23.4 Å². The molecule has 0 amide bonds. The number of hydrogen-bond donors (Lipinski definition) is 0. The summed E-state index contributed by atoms with van der Waals surface area (Å²) in [6, 6.07) is 0. The third-order valence-corrected chi connectivity index (χ3v) is 11.3. The van der Waals surface area contributed by atoms with Crippen LogP contribution in [0.25, 0.3) is 0 Å². The van der Waals surface area contributed by atoms with E-state index in [-0.39, 0.29) is 23.6 Å². The molecule has 0 unspecified atom stereocenters. The molecule has 0 radical (unpaired) electrons. The van der Waals surface area contributed by atoms with E-state index >= 15 is 0 Å². The van der Waals surface area contributed by atoms with E-state index in [4.69, 9.17) is 23.4 Å². The van der Waals surface area contributed by atoms with Crippen LogP contribution in [0, 0.1) is 5.41 Å². The molecule has 178 valence electrons. The van der Waals surface area contributed by atoms with Gasteiger partial charge in [0.15, 0.2) is 0 Å². The zero-order valence-corrected chi connectivity index (χ0v) is 21.4. The minimum absolute atomic E-state index is 0.122. The lowest BCUT2D eigenvalue weighted by Crippen LogP contribution is -2.46. The van der Waals surface area contributed by atoms with Gasteiger partial charge in [-0.05, 0) is 31.1 Å². The molecule has 1 saturated heterocycles. The highest BCUT2D eigenvalue weighted by atomic mass is 28.4. The van der Waals surface area contributed by atoms with Crippen LogP contribution < -0.4 is 0 Å². The van der Waals surface area contributed by atoms with Gasteiger partial charge in [-0.15, -0.1) is 0 Å². The van der Waals surface area contributed by atoms with E-state index < -0.39 is 49.4 Å². The lowest BCUT2D eigenvalue weighted by Gasteiger charge is -2.41. The first-order chi connectivity index (χ1) is 14.5. The number of cyclic esters (lactones) is 1. The van der Waals surface area contributed by atoms with Crippen molar-refractivity contribution in [3.63, 3.8) is 0 Å². The van der Waals surface area contributed by atoms with Gasteiger partial charge in [0.25, 0.3) is 0 Å². The molecule has 1 fully saturated rings. The standard InChI is InChI=1S/C23H34O8Si/c1-21(2,3)32(8,9)31-15-11-23(6)13(18(24)27-7)10-14(30-23)16(15)19(25)29-17-20(26)28-12-22(17,4)5/h10,14,17H,11-12H2,1-9H3/t14-,17+,23-/m1/s1. The molecule has 32 heavy (non-hydrogen) atoms. The third kappa shape index (κ3) is 4.12. The van der Waals surface area contributed by atoms with E-state index in [1.807, 2.05) is 0 Å². The Bertz CT molecular complexity index is 907. The van der Waals surface area contributed by atoms with Crippen LogP contribution in [-0.2, 0) is 37.8 Å². The Morgan fingerprint density at radius 2 is 1.78 bits per heavy atom. The topological polar surface area (TPSA) is 97.4 Å². The van der Waals surface area contributed by atoms with Crippen molar-refractivity contribution in [2.45, 2.75) is 83.9 Å². The molecule has 3 aliphatic heterocycles. The zero-order chi connectivity index (χ0) is 24.3. The summed E-state index contributed by atoms with van der Waals surface area (Å²) < 4.78 is 28.3. The number of carbonyl (C=O) groups excluding carboxylic acids is 3. The fourth-order valence-electron chi connectivity index (χ4n) is 3.83. The molecule has 0 aromatic heterocycles. The average molecular weight is 467 g/mol. The summed E-state index contributed by atoms with van der Waals surface area (Å²) in [6.45, 7) is 16.0. The van der Waals surface area contributed by atoms with Gasteiger partial charge in [0.2, 0.25) is 14.4 Å². The maximum atomic E-state index is 13.4. The number of ether oxygens (including phenoxy) is 4. The Hall–Kier alpha value is -2.13. The molecular formula is C23H34O8Si. The fraction of sp³-hybridized carbons (Fsp3) is 0.696. The molecule has 0 aliphatic carbocycles. The highest BCUT2D eigenvalue weighted by molar-refractivity contribution is 6.74. The van der Waals surface area contributed by atoms with E-state index in [1.54, 1.807) is 26.8 Å². The van der Waals surface area contributed by atoms with E-state index in [0.29, 0.717) is 11.3 Å². The van der Waals surface area contributed by atoms with Gasteiger partial charge in [-0.2, -0.15) is 0 Å². The number of rotatable bonds is 5. The van der Waals surface area contributed by atoms with Crippen LogP contribution in [0.3, 0.4) is 0 Å². The first-order valence-corrected chi connectivity index (χ1v) is 13.7. The molecule has 3 atom stereocenters. The molecule has 0 spiro atoms. The largest absolute Gasteiger partial charge is 0.546 e. The molecule has 0 N–H and O–H groups in total. The normalized spacial score (nSPS) is 29.4. The van der Waals surface area contributed by atoms with Gasteiger partial charge in [0, 0.05) is 11.8 Å². The Morgan fingerprint density at radius 3 is 2.28 bits per heavy atom. The van der Waals surface area contributed by atoms with Crippen molar-refractivity contribution in [3.8, 4) is 0 Å². The summed E-state index contributed by atoms with van der Waals surface area (Å²) in [5, 5.41) is -0.122. The molecule has 3 rings (SSSR count). The van der Waals surface area contributed by atoms with Crippen molar-refractivity contribution in [1.82, 2.24) is 0 Å². The van der Waals surface area contributed by atoms with Gasteiger partial charge in [-0.25, -0.2) is 14.4 Å². The lowest BCUT2D eigenvalue weighted by molar-refractivity contribution is -0.162. The summed E-state index contributed by atoms with van der Waals surface area (Å²) in [6.07, 6.45) is -0.103. The summed E-state index contributed by atoms with van der Waals surface area (Å²) >= 11 is 0. The molecule has 2 bridgehead atoms. The van der Waals surface area contributed by atoms with Crippen LogP contribution in [-0.4, -0.2) is 57.8 Å². The second kappa shape index (κ2) is 7.73. The highest BCUT2D eigenvalue weighted by Gasteiger charge is 2.54. The molecule has 0 aromatic carbocycles. The van der Waals surface area contributed by atoms with Crippen molar-refractivity contribution in [1.29, 1.82) is 0 Å². The molecule has 9 heteroatoms. The molecule has 0 aromatic rings. The quantitative estimate of drug-likeness (QED) is 0.345. The molecule has 0 saturated carbocycles. The summed E-state index contributed by atoms with van der Waals surface area (Å²) in [5.74, 6) is -1.35. The minimum Gasteiger partial charge on any atom is -0.546 e. The van der Waals surface area contributed by atoms with Crippen molar-refractivity contribution in [2.75, 3.05) is 13.7 Å². The monoisotopic (exact) mass is 466 g/mol.